The van der Waals surface area contributed by atoms with Gasteiger partial charge in [-0.25, -0.2) is 0 Å². The van der Waals surface area contributed by atoms with Crippen molar-refractivity contribution in [2.45, 2.75) is 64.1 Å². The van der Waals surface area contributed by atoms with Gasteiger partial charge in [0.2, 0.25) is 6.41 Å². The lowest BCUT2D eigenvalue weighted by atomic mass is 9.86. The van der Waals surface area contributed by atoms with Crippen LogP contribution in [-0.2, 0) is 25.5 Å². The van der Waals surface area contributed by atoms with E-state index < -0.39 is 11.1 Å². The lowest BCUT2D eigenvalue weighted by Crippen LogP contribution is -2.62. The van der Waals surface area contributed by atoms with Crippen LogP contribution in [0.3, 0.4) is 0 Å². The van der Waals surface area contributed by atoms with E-state index in [4.69, 9.17) is 27.9 Å². The predicted molar refractivity (Wildman–Crippen MR) is 159 cm³/mol. The number of anilines is 1. The zero-order valence-electron chi connectivity index (χ0n) is 23.0. The molecule has 1 aliphatic heterocycles. The van der Waals surface area contributed by atoms with Crippen LogP contribution in [0.2, 0.25) is 10.0 Å². The van der Waals surface area contributed by atoms with Crippen molar-refractivity contribution < 1.29 is 19.1 Å². The Hall–Kier alpha value is -2.13. The van der Waals surface area contributed by atoms with E-state index >= 15 is 0 Å². The van der Waals surface area contributed by atoms with Crippen LogP contribution in [0.5, 0.6) is 0 Å². The van der Waals surface area contributed by atoms with Crippen LogP contribution >= 0.6 is 39.1 Å². The zero-order valence-corrected chi connectivity index (χ0v) is 26.1. The summed E-state index contributed by atoms with van der Waals surface area (Å²) in [5.74, 6) is -0.530. The van der Waals surface area contributed by atoms with Crippen LogP contribution in [0.25, 0.3) is 0 Å². The van der Waals surface area contributed by atoms with Crippen LogP contribution in [0.1, 0.15) is 46.1 Å². The van der Waals surface area contributed by atoms with E-state index in [1.807, 2.05) is 56.9 Å². The summed E-state index contributed by atoms with van der Waals surface area (Å²) in [5.41, 5.74) is -0.284. The Bertz CT molecular complexity index is 1160. The van der Waals surface area contributed by atoms with Crippen LogP contribution in [0.4, 0.5) is 5.69 Å². The molecule has 39 heavy (non-hydrogen) atoms. The number of rotatable bonds is 9. The van der Waals surface area contributed by atoms with Gasteiger partial charge in [-0.1, -0.05) is 51.3 Å². The molecule has 0 bridgehead atoms. The second-order valence-corrected chi connectivity index (χ2v) is 13.0. The standard InChI is InChI=1S/C29H36BrCl2N3O4/c1-28(2,3)39-26(37)18-34-12-10-24(11-13-34)35(19-36)29(4,17-20-6-8-21(30)9-7-20)27(38)33(5)25-15-22(31)14-23(32)16-25/h6-9,14-16,19,24H,10-13,17-18H2,1-5H3/t29-/m1/s1. The number of carbonyl (C=O) groups is 3. The van der Waals surface area contributed by atoms with Gasteiger partial charge >= 0.3 is 5.97 Å². The third kappa shape index (κ3) is 8.43. The van der Waals surface area contributed by atoms with Gasteiger partial charge in [-0.3, -0.25) is 19.3 Å². The Balaban J connectivity index is 1.86. The minimum atomic E-state index is -1.20. The third-order valence-corrected chi connectivity index (χ3v) is 7.83. The first-order valence-corrected chi connectivity index (χ1v) is 14.4. The first-order valence-electron chi connectivity index (χ1n) is 12.9. The maximum Gasteiger partial charge on any atom is 0.320 e. The minimum absolute atomic E-state index is 0.182. The van der Waals surface area contributed by atoms with Crippen LogP contribution in [0.15, 0.2) is 46.9 Å². The predicted octanol–water partition coefficient (Wildman–Crippen LogP) is 5.98. The highest BCUT2D eigenvalue weighted by Gasteiger charge is 2.45. The summed E-state index contributed by atoms with van der Waals surface area (Å²) in [7, 11) is 1.66. The fourth-order valence-electron chi connectivity index (χ4n) is 5.01. The summed E-state index contributed by atoms with van der Waals surface area (Å²) in [6.45, 7) is 8.75. The van der Waals surface area contributed by atoms with Crippen molar-refractivity contribution in [3.8, 4) is 0 Å². The molecule has 0 aromatic heterocycles. The number of hydrogen-bond donors (Lipinski definition) is 0. The number of piperidine rings is 1. The Morgan fingerprint density at radius 1 is 1.05 bits per heavy atom. The molecule has 2 aromatic carbocycles. The number of halogens is 3. The summed E-state index contributed by atoms with van der Waals surface area (Å²) in [4.78, 5) is 44.4. The van der Waals surface area contributed by atoms with E-state index in [-0.39, 0.29) is 24.5 Å². The van der Waals surface area contributed by atoms with Crippen LogP contribution < -0.4 is 4.90 Å². The first-order chi connectivity index (χ1) is 18.2. The van der Waals surface area contributed by atoms with E-state index in [0.717, 1.165) is 16.4 Å². The molecule has 0 aliphatic carbocycles. The van der Waals surface area contributed by atoms with Crippen molar-refractivity contribution in [2.75, 3.05) is 31.6 Å². The lowest BCUT2D eigenvalue weighted by molar-refractivity contribution is -0.156. The number of ether oxygens (including phenoxy) is 1. The van der Waals surface area contributed by atoms with Gasteiger partial charge in [-0.15, -0.1) is 0 Å². The Kier molecular flexibility index (Phi) is 10.5. The number of amides is 2. The highest BCUT2D eigenvalue weighted by molar-refractivity contribution is 9.10. The van der Waals surface area contributed by atoms with Crippen molar-refractivity contribution in [3.63, 3.8) is 0 Å². The van der Waals surface area contributed by atoms with Crippen molar-refractivity contribution >= 4 is 63.1 Å². The van der Waals surface area contributed by atoms with Gasteiger partial charge in [0.15, 0.2) is 0 Å². The number of nitrogens with zero attached hydrogens (tertiary/aromatic N) is 3. The van der Waals surface area contributed by atoms with E-state index in [1.54, 1.807) is 30.1 Å². The number of likely N-dealkylation sites (N-methyl/N-ethyl adjacent to an activating group) is 1. The molecule has 3 rings (SSSR count). The molecule has 1 aliphatic rings. The Morgan fingerprint density at radius 2 is 1.62 bits per heavy atom. The summed E-state index contributed by atoms with van der Waals surface area (Å²) in [5, 5.41) is 0.827. The average molecular weight is 641 g/mol. The summed E-state index contributed by atoms with van der Waals surface area (Å²) in [6, 6.07) is 12.5. The first kappa shape index (κ1) is 31.4. The maximum atomic E-state index is 14.2. The fraction of sp³-hybridized carbons (Fsp3) is 0.483. The molecule has 1 fully saturated rings. The molecule has 0 radical (unpaired) electrons. The summed E-state index contributed by atoms with van der Waals surface area (Å²) < 4.78 is 6.39. The van der Waals surface area contributed by atoms with Gasteiger partial charge < -0.3 is 14.5 Å². The summed E-state index contributed by atoms with van der Waals surface area (Å²) >= 11 is 15.9. The summed E-state index contributed by atoms with van der Waals surface area (Å²) in [6.07, 6.45) is 2.34. The highest BCUT2D eigenvalue weighted by atomic mass is 79.9. The molecule has 0 spiro atoms. The molecule has 1 atom stereocenters. The van der Waals surface area contributed by atoms with Crippen LogP contribution in [-0.4, -0.2) is 72.0 Å². The Morgan fingerprint density at radius 3 is 2.13 bits per heavy atom. The molecular weight excluding hydrogens is 605 g/mol. The molecule has 1 saturated heterocycles. The van der Waals surface area contributed by atoms with E-state index in [1.165, 1.54) is 4.90 Å². The normalized spacial score (nSPS) is 16.3. The largest absolute Gasteiger partial charge is 0.459 e. The molecule has 7 nitrogen and oxygen atoms in total. The zero-order chi connectivity index (χ0) is 29.0. The molecule has 0 N–H and O–H groups in total. The number of hydrogen-bond acceptors (Lipinski definition) is 5. The number of likely N-dealkylation sites (tertiary alicyclic amines) is 1. The van der Waals surface area contributed by atoms with Crippen molar-refractivity contribution in [3.05, 3.63) is 62.5 Å². The van der Waals surface area contributed by atoms with Crippen molar-refractivity contribution in [1.82, 2.24) is 9.80 Å². The molecule has 2 aromatic rings. The fourth-order valence-corrected chi connectivity index (χ4v) is 5.78. The van der Waals surface area contributed by atoms with Gasteiger partial charge in [0.1, 0.15) is 11.1 Å². The van der Waals surface area contributed by atoms with E-state index in [2.05, 4.69) is 15.9 Å². The minimum Gasteiger partial charge on any atom is -0.459 e. The molecule has 0 saturated carbocycles. The Labute approximate surface area is 249 Å². The van der Waals surface area contributed by atoms with Crippen LogP contribution in [0, 0.1) is 0 Å². The molecule has 2 amide bonds. The van der Waals surface area contributed by atoms with Gasteiger partial charge in [0.25, 0.3) is 5.91 Å². The highest BCUT2D eigenvalue weighted by Crippen LogP contribution is 2.32. The second kappa shape index (κ2) is 13.0. The SMILES string of the molecule is CN(C(=O)[C@@](C)(Cc1ccc(Br)cc1)N(C=O)C1CCN(CC(=O)OC(C)(C)C)CC1)c1cc(Cl)cc(Cl)c1. The number of carbonyl (C=O) groups excluding carboxylic acids is 3. The van der Waals surface area contributed by atoms with Gasteiger partial charge in [-0.05, 0) is 76.4 Å². The van der Waals surface area contributed by atoms with E-state index in [0.29, 0.717) is 48.1 Å². The average Bonchev–Trinajstić information content (AvgIpc) is 2.84. The number of benzene rings is 2. The topological polar surface area (TPSA) is 70.2 Å². The molecule has 1 heterocycles. The number of esters is 1. The van der Waals surface area contributed by atoms with Crippen molar-refractivity contribution in [1.29, 1.82) is 0 Å². The van der Waals surface area contributed by atoms with Gasteiger partial charge in [-0.2, -0.15) is 0 Å². The monoisotopic (exact) mass is 639 g/mol. The molecular formula is C29H36BrCl2N3O4. The molecule has 212 valence electrons. The van der Waals surface area contributed by atoms with Crippen molar-refractivity contribution in [2.24, 2.45) is 0 Å². The molecule has 10 heteroatoms. The van der Waals surface area contributed by atoms with Gasteiger partial charge in [0, 0.05) is 52.8 Å². The van der Waals surface area contributed by atoms with E-state index in [9.17, 15) is 14.4 Å². The van der Waals surface area contributed by atoms with Gasteiger partial charge in [0.05, 0.1) is 6.54 Å². The quantitative estimate of drug-likeness (QED) is 0.249. The maximum absolute atomic E-state index is 14.2. The third-order valence-electron chi connectivity index (χ3n) is 6.87. The second-order valence-electron chi connectivity index (χ2n) is 11.2. The lowest BCUT2D eigenvalue weighted by Gasteiger charge is -2.46. The molecule has 0 unspecified atom stereocenters. The smallest absolute Gasteiger partial charge is 0.320 e.